The second-order valence-corrected chi connectivity index (χ2v) is 11.7. The molecular weight excluding hydrogens is 488 g/mol. The molecule has 2 saturated carbocycles. The highest BCUT2D eigenvalue weighted by atomic mass is 16.5. The summed E-state index contributed by atoms with van der Waals surface area (Å²) in [6.45, 7) is 5.61. The number of hydrogen-bond donors (Lipinski definition) is 0. The molecule has 0 heterocycles. The van der Waals surface area contributed by atoms with Crippen molar-refractivity contribution in [2.24, 2.45) is 23.2 Å². The van der Waals surface area contributed by atoms with Crippen LogP contribution in [0.4, 0.5) is 0 Å². The van der Waals surface area contributed by atoms with Crippen LogP contribution in [0, 0.1) is 23.2 Å². The van der Waals surface area contributed by atoms with Crippen molar-refractivity contribution in [1.29, 1.82) is 0 Å². The Bertz CT molecular complexity index is 1200. The van der Waals surface area contributed by atoms with Crippen molar-refractivity contribution in [3.63, 3.8) is 0 Å². The Kier molecular flexibility index (Phi) is 8.56. The molecule has 39 heavy (non-hydrogen) atoms. The van der Waals surface area contributed by atoms with Crippen molar-refractivity contribution in [2.75, 3.05) is 20.3 Å². The van der Waals surface area contributed by atoms with Crippen LogP contribution in [0.3, 0.4) is 0 Å². The third kappa shape index (κ3) is 5.70. The Morgan fingerprint density at radius 3 is 2.74 bits per heavy atom. The van der Waals surface area contributed by atoms with Gasteiger partial charge in [0.15, 0.2) is 0 Å². The SMILES string of the molecule is CCOC(=O)C=CC[C@@H]1CC(=O)[C@@]2(C)CCC3c4cc(CCOC)c(OCc5ccccc5)cc4CCC3C12. The number of methoxy groups -OCH3 is 1. The third-order valence-electron chi connectivity index (χ3n) is 9.54. The van der Waals surface area contributed by atoms with Gasteiger partial charge in [0.25, 0.3) is 0 Å². The zero-order chi connectivity index (χ0) is 27.4. The predicted octanol–water partition coefficient (Wildman–Crippen LogP) is 6.62. The molecular formula is C34H42O5. The number of fused-ring (bicyclic) bond motifs is 5. The number of Topliss-reactive ketones (excluding diaryl/α,β-unsaturated/α-hetero) is 1. The van der Waals surface area contributed by atoms with Crippen LogP contribution in [0.25, 0.3) is 0 Å². The Balaban J connectivity index is 1.40. The summed E-state index contributed by atoms with van der Waals surface area (Å²) in [7, 11) is 1.74. The third-order valence-corrected chi connectivity index (χ3v) is 9.54. The number of carbonyl (C=O) groups is 2. The molecule has 0 aliphatic heterocycles. The smallest absolute Gasteiger partial charge is 0.330 e. The van der Waals surface area contributed by atoms with Crippen molar-refractivity contribution in [1.82, 2.24) is 0 Å². The van der Waals surface area contributed by atoms with Crippen LogP contribution in [0.2, 0.25) is 0 Å². The molecule has 2 aromatic carbocycles. The van der Waals surface area contributed by atoms with E-state index in [0.29, 0.717) is 49.8 Å². The van der Waals surface area contributed by atoms with Gasteiger partial charge in [0.2, 0.25) is 0 Å². The molecule has 0 bridgehead atoms. The average molecular weight is 531 g/mol. The highest BCUT2D eigenvalue weighted by Gasteiger charge is 2.58. The lowest BCUT2D eigenvalue weighted by molar-refractivity contribution is -0.137. The Morgan fingerprint density at radius 2 is 1.97 bits per heavy atom. The summed E-state index contributed by atoms with van der Waals surface area (Å²) in [5, 5.41) is 0. The number of benzene rings is 2. The largest absolute Gasteiger partial charge is 0.489 e. The first-order valence-electron chi connectivity index (χ1n) is 14.6. The first-order valence-corrected chi connectivity index (χ1v) is 14.6. The maximum absolute atomic E-state index is 13.3. The van der Waals surface area contributed by atoms with E-state index in [0.717, 1.165) is 49.8 Å². The summed E-state index contributed by atoms with van der Waals surface area (Å²) in [6, 6.07) is 15.0. The number of rotatable bonds is 10. The molecule has 0 radical (unpaired) electrons. The van der Waals surface area contributed by atoms with Crippen molar-refractivity contribution in [2.45, 2.75) is 71.3 Å². The van der Waals surface area contributed by atoms with E-state index < -0.39 is 0 Å². The molecule has 5 nitrogen and oxygen atoms in total. The minimum absolute atomic E-state index is 0.251. The molecule has 0 spiro atoms. The molecule has 3 unspecified atom stereocenters. The molecule has 5 atom stereocenters. The van der Waals surface area contributed by atoms with Gasteiger partial charge in [0.1, 0.15) is 18.1 Å². The number of ether oxygens (including phenoxy) is 3. The summed E-state index contributed by atoms with van der Waals surface area (Å²) < 4.78 is 16.9. The van der Waals surface area contributed by atoms with Gasteiger partial charge in [-0.15, -0.1) is 0 Å². The summed E-state index contributed by atoms with van der Waals surface area (Å²) in [5.41, 5.74) is 4.96. The lowest BCUT2D eigenvalue weighted by Gasteiger charge is -2.50. The van der Waals surface area contributed by atoms with Gasteiger partial charge < -0.3 is 14.2 Å². The molecule has 2 fully saturated rings. The molecule has 208 valence electrons. The molecule has 3 aliphatic carbocycles. The summed E-state index contributed by atoms with van der Waals surface area (Å²) in [5.74, 6) is 2.65. The zero-order valence-electron chi connectivity index (χ0n) is 23.6. The van der Waals surface area contributed by atoms with E-state index in [2.05, 4.69) is 31.2 Å². The van der Waals surface area contributed by atoms with Gasteiger partial charge in [-0.2, -0.15) is 0 Å². The van der Waals surface area contributed by atoms with Crippen LogP contribution in [-0.2, 0) is 38.5 Å². The lowest BCUT2D eigenvalue weighted by Crippen LogP contribution is -2.44. The van der Waals surface area contributed by atoms with Crippen LogP contribution in [-0.4, -0.2) is 32.1 Å². The van der Waals surface area contributed by atoms with E-state index in [1.165, 1.54) is 16.7 Å². The second kappa shape index (κ2) is 12.1. The molecule has 5 rings (SSSR count). The fraction of sp³-hybridized carbons (Fsp3) is 0.529. The maximum atomic E-state index is 13.3. The first kappa shape index (κ1) is 27.6. The monoisotopic (exact) mass is 530 g/mol. The molecule has 0 amide bonds. The highest BCUT2D eigenvalue weighted by molar-refractivity contribution is 5.88. The van der Waals surface area contributed by atoms with Gasteiger partial charge in [-0.3, -0.25) is 4.79 Å². The van der Waals surface area contributed by atoms with E-state index in [1.807, 2.05) is 31.2 Å². The lowest BCUT2D eigenvalue weighted by atomic mass is 9.54. The van der Waals surface area contributed by atoms with Crippen molar-refractivity contribution in [3.8, 4) is 5.75 Å². The van der Waals surface area contributed by atoms with Crippen LogP contribution in [0.5, 0.6) is 5.75 Å². The second-order valence-electron chi connectivity index (χ2n) is 11.7. The minimum atomic E-state index is -0.299. The van der Waals surface area contributed by atoms with Crippen LogP contribution < -0.4 is 4.74 Å². The molecule has 2 aromatic rings. The number of aryl methyl sites for hydroxylation is 1. The van der Waals surface area contributed by atoms with Crippen molar-refractivity contribution < 1.29 is 23.8 Å². The molecule has 0 saturated heterocycles. The standard InChI is InChI=1S/C34H42O5/c1-4-38-32(36)12-8-11-26-21-31(35)34(2)17-15-27-28(33(26)34)14-13-24-20-30(25(16-18-37-3)19-29(24)27)39-22-23-9-6-5-7-10-23/h5-10,12,19-20,26-28,33H,4,11,13-18,21-22H2,1-3H3/t26-,27?,28?,33?,34-/m1/s1. The molecule has 0 N–H and O–H groups in total. The number of carbonyl (C=O) groups excluding carboxylic acids is 2. The molecule has 5 heteroatoms. The van der Waals surface area contributed by atoms with E-state index in [-0.39, 0.29) is 17.3 Å². The molecule has 3 aliphatic rings. The van der Waals surface area contributed by atoms with E-state index in [9.17, 15) is 9.59 Å². The zero-order valence-corrected chi connectivity index (χ0v) is 23.6. The highest BCUT2D eigenvalue weighted by Crippen LogP contribution is 2.62. The topological polar surface area (TPSA) is 61.8 Å². The normalized spacial score (nSPS) is 27.6. The summed E-state index contributed by atoms with van der Waals surface area (Å²) >= 11 is 0. The Hall–Kier alpha value is -2.92. The number of esters is 1. The van der Waals surface area contributed by atoms with E-state index in [1.54, 1.807) is 13.2 Å². The van der Waals surface area contributed by atoms with Gasteiger partial charge in [-0.25, -0.2) is 4.79 Å². The van der Waals surface area contributed by atoms with Crippen LogP contribution in [0.1, 0.15) is 74.1 Å². The minimum Gasteiger partial charge on any atom is -0.489 e. The van der Waals surface area contributed by atoms with Gasteiger partial charge in [0, 0.05) is 25.0 Å². The van der Waals surface area contributed by atoms with E-state index >= 15 is 0 Å². The fourth-order valence-corrected chi connectivity index (χ4v) is 7.73. The number of ketones is 1. The van der Waals surface area contributed by atoms with Crippen molar-refractivity contribution in [3.05, 3.63) is 76.9 Å². The van der Waals surface area contributed by atoms with Gasteiger partial charge in [-0.05, 0) is 97.4 Å². The van der Waals surface area contributed by atoms with Crippen molar-refractivity contribution >= 4 is 11.8 Å². The first-order chi connectivity index (χ1) is 18.9. The number of hydrogen-bond acceptors (Lipinski definition) is 5. The van der Waals surface area contributed by atoms with E-state index in [4.69, 9.17) is 14.2 Å². The Labute approximate surface area is 232 Å². The summed E-state index contributed by atoms with van der Waals surface area (Å²) in [4.78, 5) is 25.2. The van der Waals surface area contributed by atoms with Crippen LogP contribution >= 0.6 is 0 Å². The molecule has 0 aromatic heterocycles. The maximum Gasteiger partial charge on any atom is 0.330 e. The van der Waals surface area contributed by atoms with Gasteiger partial charge in [0.05, 0.1) is 13.2 Å². The van der Waals surface area contributed by atoms with Gasteiger partial charge in [-0.1, -0.05) is 49.4 Å². The Morgan fingerprint density at radius 1 is 1.15 bits per heavy atom. The predicted molar refractivity (Wildman–Crippen MR) is 152 cm³/mol. The van der Waals surface area contributed by atoms with Crippen LogP contribution in [0.15, 0.2) is 54.6 Å². The average Bonchev–Trinajstić information content (AvgIpc) is 3.20. The summed E-state index contributed by atoms with van der Waals surface area (Å²) in [6.07, 6.45) is 9.76. The van der Waals surface area contributed by atoms with Gasteiger partial charge >= 0.3 is 5.97 Å². The quantitative estimate of drug-likeness (QED) is 0.255. The number of allylic oxidation sites excluding steroid dienone is 1. The fourth-order valence-electron chi connectivity index (χ4n) is 7.73.